The van der Waals surface area contributed by atoms with E-state index in [2.05, 4.69) is 10.0 Å². The Labute approximate surface area is 209 Å². The van der Waals surface area contributed by atoms with Gasteiger partial charge in [-0.15, -0.1) is 0 Å². The molecule has 1 aliphatic heterocycles. The number of carbonyl (C=O) groups excluding carboxylic acids is 2. The lowest BCUT2D eigenvalue weighted by Gasteiger charge is -2.37. The fourth-order valence-electron chi connectivity index (χ4n) is 5.31. The Morgan fingerprint density at radius 2 is 1.86 bits per heavy atom. The fourth-order valence-corrected chi connectivity index (χ4v) is 5.43. The van der Waals surface area contributed by atoms with Gasteiger partial charge in [-0.3, -0.25) is 4.79 Å². The molecule has 2 aliphatic rings. The van der Waals surface area contributed by atoms with Crippen LogP contribution in [0.15, 0.2) is 59.7 Å². The molecule has 184 valence electrons. The van der Waals surface area contributed by atoms with Crippen molar-refractivity contribution in [3.63, 3.8) is 0 Å². The molecular weight excluding hydrogens is 468 g/mol. The zero-order valence-corrected chi connectivity index (χ0v) is 20.4. The standard InChI is InChI=1S/C26H29ClN4O4/c1-2-34-21-14-10-19(11-15-21)23(18-8-12-20(27)13-9-18)24(29-30-28)25(32)31-22(16-35-26(31)33)17-6-4-3-5-7-17/h3-9,12-13,19,21-24H,2,10-11,14-16H2,1H3/t19?,21?,22-,23-,24+/m1/s1. The Morgan fingerprint density at radius 3 is 2.49 bits per heavy atom. The molecule has 0 bridgehead atoms. The minimum absolute atomic E-state index is 0.0582. The first-order valence-electron chi connectivity index (χ1n) is 12.0. The van der Waals surface area contributed by atoms with Crippen molar-refractivity contribution in [1.29, 1.82) is 0 Å². The summed E-state index contributed by atoms with van der Waals surface area (Å²) in [4.78, 5) is 30.8. The maximum atomic E-state index is 13.9. The first-order chi connectivity index (χ1) is 17.0. The summed E-state index contributed by atoms with van der Waals surface area (Å²) >= 11 is 6.13. The molecule has 0 unspecified atom stereocenters. The average molecular weight is 497 g/mol. The maximum absolute atomic E-state index is 13.9. The van der Waals surface area contributed by atoms with Gasteiger partial charge in [0.25, 0.3) is 0 Å². The molecule has 2 fully saturated rings. The summed E-state index contributed by atoms with van der Waals surface area (Å²) in [5.74, 6) is -0.893. The number of ether oxygens (including phenoxy) is 2. The van der Waals surface area contributed by atoms with Crippen molar-refractivity contribution in [2.45, 2.75) is 56.7 Å². The van der Waals surface area contributed by atoms with Gasteiger partial charge in [0.1, 0.15) is 18.7 Å². The molecule has 0 spiro atoms. The van der Waals surface area contributed by atoms with Crippen molar-refractivity contribution in [2.75, 3.05) is 13.2 Å². The summed E-state index contributed by atoms with van der Waals surface area (Å²) in [5, 5.41) is 4.55. The van der Waals surface area contributed by atoms with Gasteiger partial charge >= 0.3 is 6.09 Å². The highest BCUT2D eigenvalue weighted by atomic mass is 35.5. The topological polar surface area (TPSA) is 105 Å². The van der Waals surface area contributed by atoms with Gasteiger partial charge in [0.05, 0.1) is 6.10 Å². The van der Waals surface area contributed by atoms with Crippen molar-refractivity contribution < 1.29 is 19.1 Å². The molecule has 2 aromatic rings. The zero-order valence-electron chi connectivity index (χ0n) is 19.6. The molecule has 2 aromatic carbocycles. The van der Waals surface area contributed by atoms with Gasteiger partial charge in [-0.2, -0.15) is 0 Å². The molecule has 0 aromatic heterocycles. The van der Waals surface area contributed by atoms with Crippen molar-refractivity contribution in [2.24, 2.45) is 11.0 Å². The van der Waals surface area contributed by atoms with E-state index in [-0.39, 0.29) is 18.6 Å². The third-order valence-corrected chi connectivity index (χ3v) is 7.20. The van der Waals surface area contributed by atoms with Gasteiger partial charge in [-0.1, -0.05) is 59.2 Å². The second-order valence-corrected chi connectivity index (χ2v) is 9.37. The number of amides is 2. The zero-order chi connectivity index (χ0) is 24.8. The van der Waals surface area contributed by atoms with Crippen LogP contribution in [-0.2, 0) is 14.3 Å². The fraction of sp³-hybridized carbons (Fsp3) is 0.462. The number of benzene rings is 2. The highest BCUT2D eigenvalue weighted by molar-refractivity contribution is 6.30. The largest absolute Gasteiger partial charge is 0.446 e. The summed E-state index contributed by atoms with van der Waals surface area (Å²) in [6.45, 7) is 2.70. The van der Waals surface area contributed by atoms with E-state index >= 15 is 0 Å². The highest BCUT2D eigenvalue weighted by Gasteiger charge is 2.45. The predicted molar refractivity (Wildman–Crippen MR) is 132 cm³/mol. The van der Waals surface area contributed by atoms with Crippen molar-refractivity contribution in [3.05, 3.63) is 81.2 Å². The lowest BCUT2D eigenvalue weighted by molar-refractivity contribution is -0.131. The van der Waals surface area contributed by atoms with Gasteiger partial charge in [0.2, 0.25) is 5.91 Å². The van der Waals surface area contributed by atoms with Gasteiger partial charge in [0.15, 0.2) is 0 Å². The van der Waals surface area contributed by atoms with Crippen LogP contribution >= 0.6 is 11.6 Å². The highest BCUT2D eigenvalue weighted by Crippen LogP contribution is 2.42. The Hall–Kier alpha value is -3.06. The van der Waals surface area contributed by atoms with Crippen LogP contribution in [0.4, 0.5) is 4.79 Å². The second-order valence-electron chi connectivity index (χ2n) is 8.93. The van der Waals surface area contributed by atoms with Crippen LogP contribution < -0.4 is 0 Å². The Kier molecular flexibility index (Phi) is 8.29. The molecule has 1 heterocycles. The third kappa shape index (κ3) is 5.61. The number of carbonyl (C=O) groups is 2. The number of azide groups is 1. The molecule has 1 aliphatic carbocycles. The van der Waals surface area contributed by atoms with Crippen LogP contribution in [0, 0.1) is 5.92 Å². The van der Waals surface area contributed by atoms with E-state index in [0.717, 1.165) is 41.7 Å². The summed E-state index contributed by atoms with van der Waals surface area (Å²) in [7, 11) is 0. The second kappa shape index (κ2) is 11.6. The summed E-state index contributed by atoms with van der Waals surface area (Å²) in [6, 6.07) is 14.8. The van der Waals surface area contributed by atoms with Crippen molar-refractivity contribution >= 4 is 23.6 Å². The number of nitrogens with zero attached hydrogens (tertiary/aromatic N) is 4. The number of imide groups is 1. The summed E-state index contributed by atoms with van der Waals surface area (Å²) < 4.78 is 11.1. The van der Waals surface area contributed by atoms with Gasteiger partial charge in [-0.25, -0.2) is 9.69 Å². The number of halogens is 1. The van der Waals surface area contributed by atoms with Crippen LogP contribution in [-0.4, -0.2) is 42.3 Å². The van der Waals surface area contributed by atoms with E-state index in [0.29, 0.717) is 11.6 Å². The number of rotatable bonds is 8. The molecule has 0 N–H and O–H groups in total. The van der Waals surface area contributed by atoms with E-state index < -0.39 is 30.0 Å². The van der Waals surface area contributed by atoms with Crippen LogP contribution in [0.2, 0.25) is 5.02 Å². The van der Waals surface area contributed by atoms with Crippen LogP contribution in [0.3, 0.4) is 0 Å². The van der Waals surface area contributed by atoms with Gasteiger partial charge in [-0.05, 0) is 67.3 Å². The van der Waals surface area contributed by atoms with Crippen LogP contribution in [0.25, 0.3) is 10.4 Å². The minimum Gasteiger partial charge on any atom is -0.446 e. The Balaban J connectivity index is 1.69. The quantitative estimate of drug-likeness (QED) is 0.239. The molecule has 4 rings (SSSR count). The summed E-state index contributed by atoms with van der Waals surface area (Å²) in [6.07, 6.45) is 2.81. The predicted octanol–water partition coefficient (Wildman–Crippen LogP) is 6.42. The van der Waals surface area contributed by atoms with Gasteiger partial charge < -0.3 is 9.47 Å². The monoisotopic (exact) mass is 496 g/mol. The van der Waals surface area contributed by atoms with E-state index in [9.17, 15) is 15.1 Å². The average Bonchev–Trinajstić information content (AvgIpc) is 3.27. The van der Waals surface area contributed by atoms with E-state index in [1.165, 1.54) is 0 Å². The Morgan fingerprint density at radius 1 is 1.17 bits per heavy atom. The SMILES string of the molecule is CCOC1CCC([C@@H](c2ccc(Cl)cc2)[C@H](N=[N+]=[N-])C(=O)N2C(=O)OC[C@@H]2c2ccccc2)CC1. The molecular formula is C26H29ClN4O4. The smallest absolute Gasteiger partial charge is 0.417 e. The van der Waals surface area contributed by atoms with E-state index in [1.54, 1.807) is 12.1 Å². The first kappa shape index (κ1) is 25.0. The molecule has 3 atom stereocenters. The molecule has 2 amide bonds. The van der Waals surface area contributed by atoms with Crippen LogP contribution in [0.1, 0.15) is 55.7 Å². The number of cyclic esters (lactones) is 1. The normalized spacial score (nSPS) is 23.8. The molecule has 1 saturated carbocycles. The number of hydrogen-bond acceptors (Lipinski definition) is 5. The van der Waals surface area contributed by atoms with E-state index in [4.69, 9.17) is 21.1 Å². The maximum Gasteiger partial charge on any atom is 0.417 e. The molecule has 9 heteroatoms. The Bertz CT molecular complexity index is 1070. The van der Waals surface area contributed by atoms with Gasteiger partial charge in [0, 0.05) is 22.5 Å². The molecule has 1 saturated heterocycles. The van der Waals surface area contributed by atoms with Crippen molar-refractivity contribution in [1.82, 2.24) is 4.90 Å². The van der Waals surface area contributed by atoms with Crippen LogP contribution in [0.5, 0.6) is 0 Å². The first-order valence-corrected chi connectivity index (χ1v) is 12.4. The molecule has 8 nitrogen and oxygen atoms in total. The van der Waals surface area contributed by atoms with E-state index in [1.807, 2.05) is 49.4 Å². The molecule has 35 heavy (non-hydrogen) atoms. The summed E-state index contributed by atoms with van der Waals surface area (Å²) in [5.41, 5.74) is 11.1. The number of hydrogen-bond donors (Lipinski definition) is 0. The van der Waals surface area contributed by atoms with Crippen molar-refractivity contribution in [3.8, 4) is 0 Å². The lowest BCUT2D eigenvalue weighted by Crippen LogP contribution is -2.45. The molecule has 0 radical (unpaired) electrons. The third-order valence-electron chi connectivity index (χ3n) is 6.95. The lowest BCUT2D eigenvalue weighted by atomic mass is 9.72. The minimum atomic E-state index is -1.10.